The Bertz CT molecular complexity index is 1250. The van der Waals surface area contributed by atoms with E-state index < -0.39 is 0 Å². The molecule has 5 rings (SSSR count). The van der Waals surface area contributed by atoms with Crippen molar-refractivity contribution >= 4 is 17.2 Å². The lowest BCUT2D eigenvalue weighted by Gasteiger charge is -2.38. The molecule has 232 valence electrons. The smallest absolute Gasteiger partial charge is 0.293 e. The monoisotopic (exact) mass is 582 g/mol. The number of hydrogen-bond acceptors (Lipinski definition) is 3. The summed E-state index contributed by atoms with van der Waals surface area (Å²) in [6.07, 6.45) is 20.2. The van der Waals surface area contributed by atoms with Gasteiger partial charge in [0.15, 0.2) is 0 Å². The summed E-state index contributed by atoms with van der Waals surface area (Å²) >= 11 is 0. The Morgan fingerprint density at radius 3 is 2.02 bits per heavy atom. The predicted molar refractivity (Wildman–Crippen MR) is 178 cm³/mol. The van der Waals surface area contributed by atoms with E-state index in [2.05, 4.69) is 67.6 Å². The van der Waals surface area contributed by atoms with Crippen molar-refractivity contribution in [3.8, 4) is 0 Å². The van der Waals surface area contributed by atoms with Crippen molar-refractivity contribution in [2.75, 3.05) is 13.2 Å². The van der Waals surface area contributed by atoms with Gasteiger partial charge in [0.2, 0.25) is 0 Å². The van der Waals surface area contributed by atoms with Crippen LogP contribution < -0.4 is 0 Å². The van der Waals surface area contributed by atoms with Crippen LogP contribution in [0.1, 0.15) is 112 Å². The summed E-state index contributed by atoms with van der Waals surface area (Å²) in [4.78, 5) is 10.5. The van der Waals surface area contributed by atoms with Crippen LogP contribution >= 0.6 is 0 Å². The van der Waals surface area contributed by atoms with Crippen LogP contribution in [0.25, 0.3) is 10.8 Å². The maximum atomic E-state index is 10.5. The zero-order valence-corrected chi connectivity index (χ0v) is 26.5. The summed E-state index contributed by atoms with van der Waals surface area (Å²) in [5, 5.41) is 12.0. The van der Waals surface area contributed by atoms with Gasteiger partial charge in [-0.2, -0.15) is 0 Å². The van der Waals surface area contributed by atoms with Crippen LogP contribution in [0, 0.1) is 23.7 Å². The van der Waals surface area contributed by atoms with Crippen LogP contribution in [0.2, 0.25) is 0 Å². The number of unbranched alkanes of at least 4 members (excludes halogenated alkanes) is 2. The molecule has 0 amide bonds. The minimum Gasteiger partial charge on any atom is -0.468 e. The van der Waals surface area contributed by atoms with Gasteiger partial charge in [-0.25, -0.2) is 0 Å². The SMILES string of the molecule is CCCCCC1CCC(C2CCC(c3ccc(CCc4ccc5cc(CC(CO)COC=O)ccc5c4)cc3)CC2)CC1. The highest BCUT2D eigenvalue weighted by atomic mass is 16.5. The molecule has 43 heavy (non-hydrogen) atoms. The minimum absolute atomic E-state index is 0.00695. The summed E-state index contributed by atoms with van der Waals surface area (Å²) in [5.41, 5.74) is 5.51. The largest absolute Gasteiger partial charge is 0.468 e. The molecule has 3 heteroatoms. The number of benzene rings is 3. The maximum absolute atomic E-state index is 10.5. The second-order valence-electron chi connectivity index (χ2n) is 13.8. The van der Waals surface area contributed by atoms with Gasteiger partial charge in [0.25, 0.3) is 6.47 Å². The number of aliphatic hydroxyl groups is 1. The van der Waals surface area contributed by atoms with Gasteiger partial charge in [-0.1, -0.05) is 106 Å². The molecule has 1 atom stereocenters. The van der Waals surface area contributed by atoms with E-state index in [0.717, 1.165) is 42.1 Å². The summed E-state index contributed by atoms with van der Waals surface area (Å²) in [6, 6.07) is 22.8. The van der Waals surface area contributed by atoms with Gasteiger partial charge in [0.1, 0.15) is 0 Å². The molecule has 3 aromatic rings. The van der Waals surface area contributed by atoms with Gasteiger partial charge in [0, 0.05) is 12.5 Å². The van der Waals surface area contributed by atoms with E-state index in [9.17, 15) is 9.90 Å². The highest BCUT2D eigenvalue weighted by Gasteiger charge is 2.31. The summed E-state index contributed by atoms with van der Waals surface area (Å²) < 4.78 is 4.86. The third-order valence-electron chi connectivity index (χ3n) is 10.9. The Morgan fingerprint density at radius 1 is 0.767 bits per heavy atom. The lowest BCUT2D eigenvalue weighted by molar-refractivity contribution is -0.130. The lowest BCUT2D eigenvalue weighted by Crippen LogP contribution is -2.25. The van der Waals surface area contributed by atoms with Crippen molar-refractivity contribution in [3.05, 3.63) is 82.9 Å². The molecule has 0 bridgehead atoms. The molecule has 0 aliphatic heterocycles. The molecule has 0 saturated heterocycles. The van der Waals surface area contributed by atoms with Crippen LogP contribution in [0.5, 0.6) is 0 Å². The van der Waals surface area contributed by atoms with E-state index in [4.69, 9.17) is 4.74 Å². The van der Waals surface area contributed by atoms with Crippen LogP contribution in [-0.4, -0.2) is 24.8 Å². The quantitative estimate of drug-likeness (QED) is 0.143. The van der Waals surface area contributed by atoms with Crippen LogP contribution in [-0.2, 0) is 28.8 Å². The Kier molecular flexibility index (Phi) is 12.1. The first kappa shape index (κ1) is 31.8. The highest BCUT2D eigenvalue weighted by Crippen LogP contribution is 2.44. The van der Waals surface area contributed by atoms with Crippen LogP contribution in [0.3, 0.4) is 0 Å². The molecule has 0 heterocycles. The average Bonchev–Trinajstić information content (AvgIpc) is 3.06. The third kappa shape index (κ3) is 9.17. The van der Waals surface area contributed by atoms with Crippen molar-refractivity contribution in [1.29, 1.82) is 0 Å². The number of carbonyl (C=O) groups excluding carboxylic acids is 1. The molecule has 3 nitrogen and oxygen atoms in total. The molecule has 2 fully saturated rings. The number of rotatable bonds is 15. The summed E-state index contributed by atoms with van der Waals surface area (Å²) in [6.45, 7) is 3.03. The number of carbonyl (C=O) groups is 1. The fraction of sp³-hybridized carbons (Fsp3) is 0.575. The zero-order valence-electron chi connectivity index (χ0n) is 26.5. The highest BCUT2D eigenvalue weighted by molar-refractivity contribution is 5.83. The van der Waals surface area contributed by atoms with Crippen LogP contribution in [0.4, 0.5) is 0 Å². The first-order valence-corrected chi connectivity index (χ1v) is 17.4. The molecule has 0 spiro atoms. The summed E-state index contributed by atoms with van der Waals surface area (Å²) in [7, 11) is 0. The van der Waals surface area contributed by atoms with Crippen LogP contribution in [0.15, 0.2) is 60.7 Å². The molecule has 2 aliphatic carbocycles. The van der Waals surface area contributed by atoms with Gasteiger partial charge in [-0.3, -0.25) is 4.79 Å². The van der Waals surface area contributed by atoms with Gasteiger partial charge in [-0.15, -0.1) is 0 Å². The molecule has 3 aromatic carbocycles. The number of aliphatic hydroxyl groups excluding tert-OH is 1. The summed E-state index contributed by atoms with van der Waals surface area (Å²) in [5.74, 6) is 3.71. The minimum atomic E-state index is -0.0712. The molecule has 2 saturated carbocycles. The van der Waals surface area contributed by atoms with Gasteiger partial charge in [-0.05, 0) is 114 Å². The molecular weight excluding hydrogens is 528 g/mol. The van der Waals surface area contributed by atoms with E-state index in [-0.39, 0.29) is 19.1 Å². The molecule has 1 unspecified atom stereocenters. The number of aryl methyl sites for hydroxylation is 2. The molecule has 0 aromatic heterocycles. The van der Waals surface area contributed by atoms with E-state index in [0.29, 0.717) is 12.9 Å². The normalized spacial score (nSPS) is 23.2. The Balaban J connectivity index is 1.06. The topological polar surface area (TPSA) is 46.5 Å². The Labute approximate surface area is 260 Å². The van der Waals surface area contributed by atoms with Crippen molar-refractivity contribution < 1.29 is 14.6 Å². The number of ether oxygens (including phenoxy) is 1. The fourth-order valence-electron chi connectivity index (χ4n) is 8.11. The second kappa shape index (κ2) is 16.4. The Hall–Kier alpha value is -2.65. The fourth-order valence-corrected chi connectivity index (χ4v) is 8.11. The van der Waals surface area contributed by atoms with Crippen molar-refractivity contribution in [3.63, 3.8) is 0 Å². The zero-order chi connectivity index (χ0) is 29.9. The van der Waals surface area contributed by atoms with E-state index in [1.165, 1.54) is 98.9 Å². The molecule has 0 radical (unpaired) electrons. The van der Waals surface area contributed by atoms with Gasteiger partial charge >= 0.3 is 0 Å². The number of hydrogen-bond donors (Lipinski definition) is 1. The average molecular weight is 583 g/mol. The first-order chi connectivity index (χ1) is 21.1. The van der Waals surface area contributed by atoms with Gasteiger partial charge < -0.3 is 9.84 Å². The van der Waals surface area contributed by atoms with Crippen molar-refractivity contribution in [2.24, 2.45) is 23.7 Å². The van der Waals surface area contributed by atoms with Crippen molar-refractivity contribution in [2.45, 2.75) is 109 Å². The lowest BCUT2D eigenvalue weighted by atomic mass is 9.68. The van der Waals surface area contributed by atoms with E-state index in [1.807, 2.05) is 0 Å². The molecule has 1 N–H and O–H groups in total. The Morgan fingerprint density at radius 2 is 1.37 bits per heavy atom. The predicted octanol–water partition coefficient (Wildman–Crippen LogP) is 9.61. The first-order valence-electron chi connectivity index (χ1n) is 17.4. The molecular formula is C40H54O3. The standard InChI is InChI=1S/C40H54O3/c1-2-3-4-5-30-8-14-35(15-9-30)37-20-22-38(23-21-37)36-16-10-31(11-17-36)6-7-32-12-18-40-26-33(13-19-39(40)25-32)24-34(27-41)28-43-29-42/h10-13,16-19,25-26,29-30,34-35,37-38,41H,2-9,14-15,20-24,27-28H2,1H3. The second-order valence-corrected chi connectivity index (χ2v) is 13.8. The molecule has 2 aliphatic rings. The maximum Gasteiger partial charge on any atom is 0.293 e. The van der Waals surface area contributed by atoms with Crippen molar-refractivity contribution in [1.82, 2.24) is 0 Å². The van der Waals surface area contributed by atoms with E-state index >= 15 is 0 Å². The third-order valence-corrected chi connectivity index (χ3v) is 10.9. The number of fused-ring (bicyclic) bond motifs is 1. The van der Waals surface area contributed by atoms with E-state index in [1.54, 1.807) is 5.56 Å². The van der Waals surface area contributed by atoms with Gasteiger partial charge in [0.05, 0.1) is 6.61 Å².